The van der Waals surface area contributed by atoms with Gasteiger partial charge in [0.1, 0.15) is 22.5 Å². The number of aromatic nitrogens is 2. The smallest absolute Gasteiger partial charge is 0.341 e. The SMILES string of the molecule is CCOC(=O)c1c(C2CC2)csc1NC(=O)c1c(C)oc2ncn(C)c(=O)c12. The van der Waals surface area contributed by atoms with Crippen LogP contribution in [-0.4, -0.2) is 28.0 Å². The number of carbonyl (C=O) groups excluding carboxylic acids is 2. The van der Waals surface area contributed by atoms with Crippen molar-refractivity contribution in [1.82, 2.24) is 9.55 Å². The van der Waals surface area contributed by atoms with Gasteiger partial charge in [-0.3, -0.25) is 9.59 Å². The van der Waals surface area contributed by atoms with E-state index < -0.39 is 11.9 Å². The Bertz CT molecular complexity index is 1150. The predicted octanol–water partition coefficient (Wildman–Crippen LogP) is 3.20. The zero-order chi connectivity index (χ0) is 20.0. The van der Waals surface area contributed by atoms with Crippen molar-refractivity contribution in [2.45, 2.75) is 32.6 Å². The molecule has 1 aliphatic carbocycles. The van der Waals surface area contributed by atoms with Crippen LogP contribution in [0.15, 0.2) is 20.9 Å². The number of carbonyl (C=O) groups is 2. The van der Waals surface area contributed by atoms with Crippen molar-refractivity contribution in [1.29, 1.82) is 0 Å². The van der Waals surface area contributed by atoms with Crippen LogP contribution in [-0.2, 0) is 11.8 Å². The van der Waals surface area contributed by atoms with E-state index in [2.05, 4.69) is 10.3 Å². The number of aryl methyl sites for hydroxylation is 2. The summed E-state index contributed by atoms with van der Waals surface area (Å²) in [5, 5.41) is 5.21. The van der Waals surface area contributed by atoms with Gasteiger partial charge in [0.25, 0.3) is 11.5 Å². The molecule has 0 saturated heterocycles. The van der Waals surface area contributed by atoms with Gasteiger partial charge in [-0.2, -0.15) is 0 Å². The van der Waals surface area contributed by atoms with Crippen LogP contribution in [0.1, 0.15) is 57.7 Å². The molecular formula is C19H19N3O5S. The summed E-state index contributed by atoms with van der Waals surface area (Å²) in [4.78, 5) is 42.0. The summed E-state index contributed by atoms with van der Waals surface area (Å²) in [5.41, 5.74) is 1.17. The molecule has 1 aliphatic rings. The quantitative estimate of drug-likeness (QED) is 0.659. The number of ether oxygens (including phenoxy) is 1. The van der Waals surface area contributed by atoms with E-state index in [1.165, 1.54) is 22.2 Å². The maximum atomic E-state index is 13.0. The zero-order valence-electron chi connectivity index (χ0n) is 15.7. The molecule has 8 nitrogen and oxygen atoms in total. The highest BCUT2D eigenvalue weighted by Crippen LogP contribution is 2.46. The van der Waals surface area contributed by atoms with Crippen LogP contribution >= 0.6 is 11.3 Å². The van der Waals surface area contributed by atoms with Gasteiger partial charge in [0.05, 0.1) is 17.7 Å². The van der Waals surface area contributed by atoms with E-state index in [0.29, 0.717) is 22.2 Å². The number of rotatable bonds is 5. The lowest BCUT2D eigenvalue weighted by atomic mass is 10.1. The van der Waals surface area contributed by atoms with Gasteiger partial charge in [-0.15, -0.1) is 11.3 Å². The van der Waals surface area contributed by atoms with Crippen molar-refractivity contribution in [2.24, 2.45) is 7.05 Å². The summed E-state index contributed by atoms with van der Waals surface area (Å²) in [6.07, 6.45) is 3.38. The molecule has 0 unspecified atom stereocenters. The number of nitrogens with zero attached hydrogens (tertiary/aromatic N) is 2. The third-order valence-corrected chi connectivity index (χ3v) is 5.63. The van der Waals surface area contributed by atoms with Crippen molar-refractivity contribution in [3.63, 3.8) is 0 Å². The lowest BCUT2D eigenvalue weighted by Gasteiger charge is -2.08. The minimum atomic E-state index is -0.518. The van der Waals surface area contributed by atoms with Gasteiger partial charge in [0, 0.05) is 7.05 Å². The summed E-state index contributed by atoms with van der Waals surface area (Å²) in [6, 6.07) is 0. The summed E-state index contributed by atoms with van der Waals surface area (Å²) < 4.78 is 12.0. The zero-order valence-corrected chi connectivity index (χ0v) is 16.5. The lowest BCUT2D eigenvalue weighted by Crippen LogP contribution is -2.21. The van der Waals surface area contributed by atoms with Gasteiger partial charge < -0.3 is 19.0 Å². The van der Waals surface area contributed by atoms with Crippen LogP contribution in [0.4, 0.5) is 5.00 Å². The molecule has 0 spiro atoms. The number of thiophene rings is 1. The first-order valence-electron chi connectivity index (χ1n) is 8.97. The van der Waals surface area contributed by atoms with Crippen LogP contribution < -0.4 is 10.9 Å². The van der Waals surface area contributed by atoms with Gasteiger partial charge in [0.15, 0.2) is 0 Å². The molecule has 28 heavy (non-hydrogen) atoms. The molecule has 0 bridgehead atoms. The largest absolute Gasteiger partial charge is 0.462 e. The van der Waals surface area contributed by atoms with E-state index in [4.69, 9.17) is 9.15 Å². The van der Waals surface area contributed by atoms with Crippen molar-refractivity contribution < 1.29 is 18.7 Å². The second-order valence-corrected chi connectivity index (χ2v) is 7.60. The van der Waals surface area contributed by atoms with Crippen molar-refractivity contribution in [3.8, 4) is 0 Å². The first-order chi connectivity index (χ1) is 13.4. The average molecular weight is 401 g/mol. The summed E-state index contributed by atoms with van der Waals surface area (Å²) in [7, 11) is 1.55. The fourth-order valence-corrected chi connectivity index (χ4v) is 4.22. The summed E-state index contributed by atoms with van der Waals surface area (Å²) in [6.45, 7) is 3.59. The Labute approximate surface area is 164 Å². The highest BCUT2D eigenvalue weighted by Gasteiger charge is 2.33. The Morgan fingerprint density at radius 1 is 1.39 bits per heavy atom. The molecule has 3 aromatic heterocycles. The van der Waals surface area contributed by atoms with Crippen molar-refractivity contribution >= 4 is 39.3 Å². The molecular weight excluding hydrogens is 382 g/mol. The van der Waals surface area contributed by atoms with Crippen molar-refractivity contribution in [3.05, 3.63) is 44.5 Å². The summed E-state index contributed by atoms with van der Waals surface area (Å²) in [5.74, 6) is -0.349. The average Bonchev–Trinajstić information content (AvgIpc) is 3.32. The standard InChI is InChI=1S/C19H19N3O5S/c1-4-26-19(25)13-11(10-5-6-10)7-28-17(13)21-15(23)12-9(2)27-16-14(12)18(24)22(3)8-20-16/h7-8,10H,4-6H2,1-3H3,(H,21,23). The van der Waals surface area contributed by atoms with E-state index in [9.17, 15) is 14.4 Å². The number of furan rings is 1. The van der Waals surface area contributed by atoms with Gasteiger partial charge >= 0.3 is 5.97 Å². The molecule has 9 heteroatoms. The Morgan fingerprint density at radius 3 is 2.82 bits per heavy atom. The van der Waals surface area contributed by atoms with Crippen LogP contribution in [0.3, 0.4) is 0 Å². The number of fused-ring (bicyclic) bond motifs is 1. The molecule has 3 heterocycles. The van der Waals surface area contributed by atoms with Crippen LogP contribution in [0.25, 0.3) is 11.1 Å². The fourth-order valence-electron chi connectivity index (χ4n) is 3.20. The van der Waals surface area contributed by atoms with Crippen molar-refractivity contribution in [2.75, 3.05) is 11.9 Å². The monoisotopic (exact) mass is 401 g/mol. The third-order valence-electron chi connectivity index (χ3n) is 4.72. The highest BCUT2D eigenvalue weighted by molar-refractivity contribution is 7.15. The van der Waals surface area contributed by atoms with E-state index in [1.54, 1.807) is 20.9 Å². The predicted molar refractivity (Wildman–Crippen MR) is 104 cm³/mol. The maximum absolute atomic E-state index is 13.0. The topological polar surface area (TPSA) is 103 Å². The van der Waals surface area contributed by atoms with E-state index in [1.807, 2.05) is 5.38 Å². The number of hydrogen-bond donors (Lipinski definition) is 1. The highest BCUT2D eigenvalue weighted by atomic mass is 32.1. The van der Waals surface area contributed by atoms with E-state index >= 15 is 0 Å². The van der Waals surface area contributed by atoms with Crippen LogP contribution in [0, 0.1) is 6.92 Å². The minimum absolute atomic E-state index is 0.112. The number of esters is 1. The number of amides is 1. The molecule has 1 fully saturated rings. The second-order valence-electron chi connectivity index (χ2n) is 6.72. The molecule has 0 aliphatic heterocycles. The first-order valence-corrected chi connectivity index (χ1v) is 9.84. The lowest BCUT2D eigenvalue weighted by molar-refractivity contribution is 0.0527. The molecule has 4 rings (SSSR count). The molecule has 0 atom stereocenters. The Kier molecular flexibility index (Phi) is 4.54. The Hall–Kier alpha value is -2.94. The van der Waals surface area contributed by atoms with E-state index in [-0.39, 0.29) is 28.8 Å². The number of anilines is 1. The second kappa shape index (κ2) is 6.90. The van der Waals surface area contributed by atoms with Gasteiger partial charge in [-0.1, -0.05) is 0 Å². The van der Waals surface area contributed by atoms with Crippen LogP contribution in [0.2, 0.25) is 0 Å². The van der Waals surface area contributed by atoms with Gasteiger partial charge in [-0.25, -0.2) is 9.78 Å². The molecule has 3 aromatic rings. The molecule has 0 aromatic carbocycles. The number of nitrogens with one attached hydrogen (secondary N) is 1. The molecule has 1 amide bonds. The first kappa shape index (κ1) is 18.4. The molecule has 146 valence electrons. The minimum Gasteiger partial charge on any atom is -0.462 e. The molecule has 1 saturated carbocycles. The van der Waals surface area contributed by atoms with Gasteiger partial charge in [-0.05, 0) is 43.6 Å². The van der Waals surface area contributed by atoms with E-state index in [0.717, 1.165) is 18.4 Å². The van der Waals surface area contributed by atoms with Gasteiger partial charge in [0.2, 0.25) is 5.71 Å². The third kappa shape index (κ3) is 3.01. The molecule has 1 N–H and O–H groups in total. The van der Waals surface area contributed by atoms with Crippen LogP contribution in [0.5, 0.6) is 0 Å². The normalized spacial score (nSPS) is 13.7. The maximum Gasteiger partial charge on any atom is 0.341 e. The Balaban J connectivity index is 1.75. The Morgan fingerprint density at radius 2 is 2.14 bits per heavy atom. The fraction of sp³-hybridized carbons (Fsp3) is 0.368. The number of hydrogen-bond acceptors (Lipinski definition) is 7. The summed E-state index contributed by atoms with van der Waals surface area (Å²) >= 11 is 1.28. The molecule has 0 radical (unpaired) electrons.